The minimum absolute atomic E-state index is 0.00107. The number of primary amides is 1. The molecule has 0 fully saturated rings. The molecule has 37 heavy (non-hydrogen) atoms. The largest absolute Gasteiger partial charge is 0.508 e. The molecule has 1 aromatic carbocycles. The van der Waals surface area contributed by atoms with Crippen molar-refractivity contribution in [1.82, 2.24) is 16.0 Å². The van der Waals surface area contributed by atoms with Crippen LogP contribution in [-0.4, -0.2) is 88.0 Å². The van der Waals surface area contributed by atoms with E-state index < -0.39 is 60.2 Å². The van der Waals surface area contributed by atoms with E-state index in [4.69, 9.17) is 11.5 Å². The number of benzene rings is 1. The lowest BCUT2D eigenvalue weighted by Crippen LogP contribution is -2.58. The number of phenolic OH excluding ortho intramolecular Hbond substituents is 1. The zero-order valence-electron chi connectivity index (χ0n) is 20.8. The summed E-state index contributed by atoms with van der Waals surface area (Å²) >= 11 is 3.00. The lowest BCUT2D eigenvalue weighted by Gasteiger charge is -2.25. The number of nitrogens with two attached hydrogens (primary N) is 2. The molecule has 0 aliphatic rings. The molecule has 0 aliphatic heterocycles. The Balaban J connectivity index is 3.12. The highest BCUT2D eigenvalue weighted by atomic mass is 32.2. The topological polar surface area (TPSA) is 214 Å². The van der Waals surface area contributed by atoms with Crippen molar-refractivity contribution in [3.63, 3.8) is 0 Å². The first-order valence-electron chi connectivity index (χ1n) is 11.4. The Bertz CT molecular complexity index is 933. The zero-order valence-corrected chi connectivity index (χ0v) is 22.4. The molecule has 0 spiro atoms. The number of carboxylic acids is 1. The molecule has 14 heteroatoms. The Morgan fingerprint density at radius 3 is 1.89 bits per heavy atom. The molecule has 4 atom stereocenters. The van der Waals surface area contributed by atoms with E-state index in [9.17, 15) is 34.2 Å². The van der Waals surface area contributed by atoms with Crippen molar-refractivity contribution in [2.75, 3.05) is 24.0 Å². The number of hydrogen-bond acceptors (Lipinski definition) is 9. The third kappa shape index (κ3) is 12.2. The maximum absolute atomic E-state index is 13.2. The number of thioether (sulfide) groups is 2. The van der Waals surface area contributed by atoms with Crippen LogP contribution in [0.2, 0.25) is 0 Å². The second kappa shape index (κ2) is 16.7. The first-order chi connectivity index (χ1) is 17.5. The predicted molar refractivity (Wildman–Crippen MR) is 143 cm³/mol. The first kappa shape index (κ1) is 32.1. The van der Waals surface area contributed by atoms with Gasteiger partial charge in [-0.2, -0.15) is 23.5 Å². The van der Waals surface area contributed by atoms with Crippen LogP contribution in [0.25, 0.3) is 0 Å². The molecule has 206 valence electrons. The fourth-order valence-corrected chi connectivity index (χ4v) is 4.14. The minimum atomic E-state index is -1.59. The van der Waals surface area contributed by atoms with Crippen LogP contribution in [0.4, 0.5) is 0 Å². The lowest BCUT2D eigenvalue weighted by molar-refractivity contribution is -0.143. The van der Waals surface area contributed by atoms with Gasteiger partial charge in [0.2, 0.25) is 23.6 Å². The number of aliphatic carboxylic acids is 1. The van der Waals surface area contributed by atoms with Crippen LogP contribution in [0.3, 0.4) is 0 Å². The zero-order chi connectivity index (χ0) is 28.0. The minimum Gasteiger partial charge on any atom is -0.508 e. The van der Waals surface area contributed by atoms with Gasteiger partial charge in [-0.1, -0.05) is 12.1 Å². The van der Waals surface area contributed by atoms with Crippen LogP contribution in [0.5, 0.6) is 5.75 Å². The average Bonchev–Trinajstić information content (AvgIpc) is 2.84. The molecule has 0 radical (unpaired) electrons. The summed E-state index contributed by atoms with van der Waals surface area (Å²) < 4.78 is 0. The van der Waals surface area contributed by atoms with Crippen molar-refractivity contribution in [3.05, 3.63) is 29.8 Å². The van der Waals surface area contributed by atoms with E-state index in [1.807, 2.05) is 12.5 Å². The first-order valence-corrected chi connectivity index (χ1v) is 14.2. The summed E-state index contributed by atoms with van der Waals surface area (Å²) in [5, 5.41) is 26.3. The molecule has 0 saturated heterocycles. The van der Waals surface area contributed by atoms with Crippen molar-refractivity contribution >= 4 is 53.1 Å². The van der Waals surface area contributed by atoms with Crippen molar-refractivity contribution in [3.8, 4) is 5.75 Å². The number of hydrogen-bond donors (Lipinski definition) is 7. The standard InChI is InChI=1S/C23H35N5O7S2/c1-36-9-7-15(24)20(31)26-16(8-10-37-2)21(32)27-17(11-13-3-5-14(29)6-4-13)22(33)28-18(23(34)35)12-19(25)30/h3-6,15-18,29H,7-12,24H2,1-2H3,(H2,25,30)(H,26,31)(H,27,32)(H,28,33)(H,34,35). The van der Waals surface area contributed by atoms with E-state index in [1.165, 1.54) is 47.8 Å². The summed E-state index contributed by atoms with van der Waals surface area (Å²) in [6, 6.07) is 1.23. The SMILES string of the molecule is CSCCC(N)C(=O)NC(CCSC)C(=O)NC(Cc1ccc(O)cc1)C(=O)NC(CC(N)=O)C(=O)O. The maximum Gasteiger partial charge on any atom is 0.326 e. The van der Waals surface area contributed by atoms with Gasteiger partial charge in [0.25, 0.3) is 0 Å². The van der Waals surface area contributed by atoms with Gasteiger partial charge < -0.3 is 37.6 Å². The Kier molecular flexibility index (Phi) is 14.5. The van der Waals surface area contributed by atoms with E-state index in [0.29, 0.717) is 23.5 Å². The van der Waals surface area contributed by atoms with Gasteiger partial charge in [-0.25, -0.2) is 4.79 Å². The molecular formula is C23H35N5O7S2. The number of phenols is 1. The number of carboxylic acid groups (broad SMARTS) is 1. The number of carbonyl (C=O) groups excluding carboxylic acids is 4. The summed E-state index contributed by atoms with van der Waals surface area (Å²) in [6.45, 7) is 0. The van der Waals surface area contributed by atoms with Gasteiger partial charge in [-0.15, -0.1) is 0 Å². The Morgan fingerprint density at radius 1 is 0.838 bits per heavy atom. The highest BCUT2D eigenvalue weighted by Crippen LogP contribution is 2.12. The highest BCUT2D eigenvalue weighted by Gasteiger charge is 2.31. The molecule has 1 aromatic rings. The molecular weight excluding hydrogens is 522 g/mol. The van der Waals surface area contributed by atoms with E-state index >= 15 is 0 Å². The molecule has 0 bridgehead atoms. The number of carbonyl (C=O) groups is 5. The number of aromatic hydroxyl groups is 1. The average molecular weight is 558 g/mol. The van der Waals surface area contributed by atoms with Gasteiger partial charge in [0, 0.05) is 6.42 Å². The summed E-state index contributed by atoms with van der Waals surface area (Å²) in [4.78, 5) is 61.5. The van der Waals surface area contributed by atoms with Crippen LogP contribution in [0.1, 0.15) is 24.8 Å². The second-order valence-corrected chi connectivity index (χ2v) is 10.2. The van der Waals surface area contributed by atoms with Gasteiger partial charge >= 0.3 is 5.97 Å². The maximum atomic E-state index is 13.2. The lowest BCUT2D eigenvalue weighted by atomic mass is 10.0. The highest BCUT2D eigenvalue weighted by molar-refractivity contribution is 7.98. The summed E-state index contributed by atoms with van der Waals surface area (Å²) in [5.41, 5.74) is 11.6. The van der Waals surface area contributed by atoms with E-state index in [2.05, 4.69) is 16.0 Å². The van der Waals surface area contributed by atoms with Gasteiger partial charge in [0.15, 0.2) is 0 Å². The quantitative estimate of drug-likeness (QED) is 0.126. The van der Waals surface area contributed by atoms with Crippen molar-refractivity contribution in [2.45, 2.75) is 49.9 Å². The number of nitrogens with one attached hydrogen (secondary N) is 3. The second-order valence-electron chi connectivity index (χ2n) is 8.23. The molecule has 0 aliphatic carbocycles. The molecule has 0 saturated carbocycles. The van der Waals surface area contributed by atoms with Gasteiger partial charge in [-0.05, 0) is 54.6 Å². The van der Waals surface area contributed by atoms with Gasteiger partial charge in [0.1, 0.15) is 23.9 Å². The molecule has 0 aromatic heterocycles. The third-order valence-electron chi connectivity index (χ3n) is 5.24. The van der Waals surface area contributed by atoms with E-state index in [1.54, 1.807) is 0 Å². The monoisotopic (exact) mass is 557 g/mol. The molecule has 4 amide bonds. The summed E-state index contributed by atoms with van der Waals surface area (Å²) in [6.07, 6.45) is 3.72. The summed E-state index contributed by atoms with van der Waals surface area (Å²) in [5.74, 6) is -3.20. The van der Waals surface area contributed by atoms with Crippen molar-refractivity contribution in [2.24, 2.45) is 11.5 Å². The van der Waals surface area contributed by atoms with Crippen LogP contribution in [-0.2, 0) is 30.4 Å². The molecule has 0 heterocycles. The van der Waals surface area contributed by atoms with Crippen molar-refractivity contribution < 1.29 is 34.2 Å². The Morgan fingerprint density at radius 2 is 1.35 bits per heavy atom. The fraction of sp³-hybridized carbons (Fsp3) is 0.522. The van der Waals surface area contributed by atoms with E-state index in [-0.39, 0.29) is 18.6 Å². The fourth-order valence-electron chi connectivity index (χ4n) is 3.18. The Hall–Kier alpha value is -2.97. The Labute approximate surface area is 224 Å². The van der Waals surface area contributed by atoms with Crippen molar-refractivity contribution in [1.29, 1.82) is 0 Å². The number of rotatable bonds is 17. The molecule has 1 rings (SSSR count). The molecule has 12 nitrogen and oxygen atoms in total. The van der Waals surface area contributed by atoms with Gasteiger partial charge in [0.05, 0.1) is 12.5 Å². The molecule has 9 N–H and O–H groups in total. The van der Waals surface area contributed by atoms with Crippen LogP contribution >= 0.6 is 23.5 Å². The molecule has 4 unspecified atom stereocenters. The smallest absolute Gasteiger partial charge is 0.326 e. The van der Waals surface area contributed by atoms with Gasteiger partial charge in [-0.3, -0.25) is 19.2 Å². The van der Waals surface area contributed by atoms with Crippen LogP contribution in [0.15, 0.2) is 24.3 Å². The normalized spacial score (nSPS) is 14.0. The van der Waals surface area contributed by atoms with E-state index in [0.717, 1.165) is 0 Å². The third-order valence-corrected chi connectivity index (χ3v) is 6.53. The van der Waals surface area contributed by atoms with Crippen LogP contribution < -0.4 is 27.4 Å². The number of amides is 4. The summed E-state index contributed by atoms with van der Waals surface area (Å²) in [7, 11) is 0. The predicted octanol–water partition coefficient (Wildman–Crippen LogP) is -0.817. The van der Waals surface area contributed by atoms with Crippen LogP contribution in [0, 0.1) is 0 Å².